The van der Waals surface area contributed by atoms with Crippen molar-refractivity contribution in [3.8, 4) is 0 Å². The lowest BCUT2D eigenvalue weighted by molar-refractivity contribution is -0.113. The molecule has 6 nitrogen and oxygen atoms in total. The number of anilines is 2. The molecule has 130 valence electrons. The average Bonchev–Trinajstić information content (AvgIpc) is 3.02. The van der Waals surface area contributed by atoms with Crippen LogP contribution in [0.5, 0.6) is 0 Å². The second kappa shape index (κ2) is 6.12. The van der Waals surface area contributed by atoms with Crippen molar-refractivity contribution in [3.05, 3.63) is 54.7 Å². The van der Waals surface area contributed by atoms with Crippen LogP contribution in [0.4, 0.5) is 20.3 Å². The maximum Gasteiger partial charge on any atom is 0.272 e. The van der Waals surface area contributed by atoms with Crippen molar-refractivity contribution in [1.82, 2.24) is 9.78 Å². The highest BCUT2D eigenvalue weighted by atomic mass is 19.3. The number of benzene rings is 1. The third-order valence-electron chi connectivity index (χ3n) is 3.98. The summed E-state index contributed by atoms with van der Waals surface area (Å²) in [6, 6.07) is 6.90. The van der Waals surface area contributed by atoms with Gasteiger partial charge < -0.3 is 10.2 Å². The van der Waals surface area contributed by atoms with E-state index >= 15 is 0 Å². The normalized spacial score (nSPS) is 17.6. The van der Waals surface area contributed by atoms with E-state index in [0.717, 1.165) is 4.68 Å². The molecule has 8 heteroatoms. The van der Waals surface area contributed by atoms with E-state index in [4.69, 9.17) is 0 Å². The van der Waals surface area contributed by atoms with E-state index in [1.165, 1.54) is 23.2 Å². The summed E-state index contributed by atoms with van der Waals surface area (Å²) in [7, 11) is 1.60. The highest BCUT2D eigenvalue weighted by Gasteiger charge is 2.59. The number of alkyl halides is 2. The van der Waals surface area contributed by atoms with Crippen molar-refractivity contribution in [2.24, 2.45) is 0 Å². The van der Waals surface area contributed by atoms with Crippen LogP contribution in [0.1, 0.15) is 22.8 Å². The van der Waals surface area contributed by atoms with Crippen LogP contribution in [-0.4, -0.2) is 34.6 Å². The Balaban J connectivity index is 1.65. The van der Waals surface area contributed by atoms with Gasteiger partial charge in [-0.15, -0.1) is 0 Å². The Bertz CT molecular complexity index is 829. The molecule has 2 aromatic rings. The minimum atomic E-state index is -2.72. The summed E-state index contributed by atoms with van der Waals surface area (Å²) in [6.07, 6.45) is 2.38. The third-order valence-corrected chi connectivity index (χ3v) is 3.98. The highest BCUT2D eigenvalue weighted by molar-refractivity contribution is 6.04. The van der Waals surface area contributed by atoms with Crippen molar-refractivity contribution in [2.75, 3.05) is 17.3 Å². The van der Waals surface area contributed by atoms with E-state index in [9.17, 15) is 18.4 Å². The average molecular weight is 346 g/mol. The number of nitrogens with one attached hydrogen (secondary N) is 1. The molecule has 1 aromatic carbocycles. The van der Waals surface area contributed by atoms with Crippen LogP contribution in [0.2, 0.25) is 0 Å². The highest BCUT2D eigenvalue weighted by Crippen LogP contribution is 2.52. The summed E-state index contributed by atoms with van der Waals surface area (Å²) in [4.78, 5) is 25.1. The lowest BCUT2D eigenvalue weighted by Gasteiger charge is -2.15. The molecule has 2 amide bonds. The molecule has 1 fully saturated rings. The zero-order valence-corrected chi connectivity index (χ0v) is 13.4. The quantitative estimate of drug-likeness (QED) is 0.847. The number of nitrogens with zero attached hydrogens (tertiary/aromatic N) is 3. The summed E-state index contributed by atoms with van der Waals surface area (Å²) < 4.78 is 27.2. The summed E-state index contributed by atoms with van der Waals surface area (Å²) in [5.41, 5.74) is 0.969. The Kier molecular flexibility index (Phi) is 4.12. The maximum absolute atomic E-state index is 13.0. The summed E-state index contributed by atoms with van der Waals surface area (Å²) in [5, 5.41) is 6.51. The Labute approximate surface area is 142 Å². The zero-order valence-electron chi connectivity index (χ0n) is 13.4. The zero-order chi connectivity index (χ0) is 18.2. The minimum absolute atomic E-state index is 0.204. The Morgan fingerprint density at radius 1 is 1.36 bits per heavy atom. The van der Waals surface area contributed by atoms with Gasteiger partial charge in [-0.2, -0.15) is 5.10 Å². The number of hydrogen-bond donors (Lipinski definition) is 1. The molecule has 1 aromatic heterocycles. The van der Waals surface area contributed by atoms with Crippen molar-refractivity contribution in [2.45, 2.75) is 18.4 Å². The van der Waals surface area contributed by atoms with Crippen molar-refractivity contribution in [1.29, 1.82) is 0 Å². The molecule has 1 N–H and O–H groups in total. The van der Waals surface area contributed by atoms with Crippen molar-refractivity contribution < 1.29 is 18.4 Å². The summed E-state index contributed by atoms with van der Waals surface area (Å²) in [6.45, 7) is 3.42. The van der Waals surface area contributed by atoms with Crippen molar-refractivity contribution >= 4 is 23.3 Å². The van der Waals surface area contributed by atoms with Crippen LogP contribution in [-0.2, 0) is 4.79 Å². The fraction of sp³-hybridized carbons (Fsp3) is 0.235. The molecule has 0 radical (unpaired) electrons. The molecule has 0 saturated heterocycles. The number of likely N-dealkylation sites (N-methyl/N-ethyl adjacent to an activating group) is 1. The number of amides is 2. The molecule has 0 spiro atoms. The van der Waals surface area contributed by atoms with Gasteiger partial charge in [0.15, 0.2) is 5.82 Å². The van der Waals surface area contributed by atoms with Gasteiger partial charge in [-0.1, -0.05) is 6.58 Å². The van der Waals surface area contributed by atoms with Crippen molar-refractivity contribution in [3.63, 3.8) is 0 Å². The molecule has 0 aliphatic heterocycles. The predicted octanol–water partition coefficient (Wildman–Crippen LogP) is 2.86. The molecular weight excluding hydrogens is 330 g/mol. The number of aromatic nitrogens is 2. The molecular formula is C17H16F2N4O2. The Morgan fingerprint density at radius 3 is 2.56 bits per heavy atom. The van der Waals surface area contributed by atoms with Gasteiger partial charge in [-0.3, -0.25) is 14.3 Å². The maximum atomic E-state index is 13.0. The second-order valence-corrected chi connectivity index (χ2v) is 5.76. The third kappa shape index (κ3) is 3.42. The smallest absolute Gasteiger partial charge is 0.272 e. The lowest BCUT2D eigenvalue weighted by Crippen LogP contribution is -2.23. The molecule has 3 rings (SSSR count). The first-order valence-electron chi connectivity index (χ1n) is 7.56. The van der Waals surface area contributed by atoms with Gasteiger partial charge in [0, 0.05) is 37.0 Å². The van der Waals surface area contributed by atoms with Crippen LogP contribution >= 0.6 is 0 Å². The van der Waals surface area contributed by atoms with Gasteiger partial charge in [0.1, 0.15) is 6.04 Å². The minimum Gasteiger partial charge on any atom is -0.312 e. The number of carbonyl (C=O) groups excluding carboxylic acids is 2. The van der Waals surface area contributed by atoms with Gasteiger partial charge in [-0.25, -0.2) is 8.78 Å². The second-order valence-electron chi connectivity index (χ2n) is 5.76. The number of hydrogen-bond acceptors (Lipinski definition) is 3. The van der Waals surface area contributed by atoms with Crippen LogP contribution < -0.4 is 10.2 Å². The van der Waals surface area contributed by atoms with Crippen LogP contribution in [0.25, 0.3) is 0 Å². The van der Waals surface area contributed by atoms with E-state index in [-0.39, 0.29) is 18.1 Å². The molecule has 1 unspecified atom stereocenters. The van der Waals surface area contributed by atoms with Crippen LogP contribution in [0.3, 0.4) is 0 Å². The van der Waals surface area contributed by atoms with E-state index in [1.54, 1.807) is 31.3 Å². The van der Waals surface area contributed by atoms with Gasteiger partial charge in [0.2, 0.25) is 5.91 Å². The number of halogens is 2. The molecule has 1 aliphatic rings. The molecule has 1 heterocycles. The number of carbonyl (C=O) groups is 2. The summed E-state index contributed by atoms with van der Waals surface area (Å²) >= 11 is 0. The van der Waals surface area contributed by atoms with Crippen LogP contribution in [0.15, 0.2) is 49.2 Å². The summed E-state index contributed by atoms with van der Waals surface area (Å²) in [5.74, 6) is -3.20. The van der Waals surface area contributed by atoms with Gasteiger partial charge in [0.25, 0.3) is 11.8 Å². The Morgan fingerprint density at radius 2 is 2.00 bits per heavy atom. The molecule has 25 heavy (non-hydrogen) atoms. The first-order valence-corrected chi connectivity index (χ1v) is 7.56. The van der Waals surface area contributed by atoms with Crippen LogP contribution in [0, 0.1) is 0 Å². The fourth-order valence-corrected chi connectivity index (χ4v) is 2.35. The molecule has 1 aliphatic carbocycles. The largest absolute Gasteiger partial charge is 0.312 e. The van der Waals surface area contributed by atoms with E-state index in [1.807, 2.05) is 0 Å². The van der Waals surface area contributed by atoms with E-state index in [2.05, 4.69) is 17.0 Å². The first-order chi connectivity index (χ1) is 11.8. The topological polar surface area (TPSA) is 67.2 Å². The van der Waals surface area contributed by atoms with E-state index in [0.29, 0.717) is 11.3 Å². The fourth-order valence-electron chi connectivity index (χ4n) is 2.35. The van der Waals surface area contributed by atoms with Gasteiger partial charge in [-0.05, 0) is 30.3 Å². The Hall–Kier alpha value is -3.03. The SMILES string of the molecule is C=CC(=O)N(C)c1ccc(C(=O)Nc2ccn(C3CC3(F)F)n2)cc1. The molecule has 0 bridgehead atoms. The number of rotatable bonds is 5. The standard InChI is InChI=1S/C17H16F2N4O2/c1-3-15(24)22(2)12-6-4-11(5-7-12)16(25)20-14-8-9-23(21-14)13-10-17(13,18)19/h3-9,13H,1,10H2,2H3,(H,20,21,25). The lowest BCUT2D eigenvalue weighted by atomic mass is 10.2. The molecule has 1 saturated carbocycles. The van der Waals surface area contributed by atoms with E-state index < -0.39 is 17.9 Å². The van der Waals surface area contributed by atoms with Gasteiger partial charge in [0.05, 0.1) is 0 Å². The van der Waals surface area contributed by atoms with Gasteiger partial charge >= 0.3 is 0 Å². The first kappa shape index (κ1) is 16.8. The molecule has 1 atom stereocenters. The monoisotopic (exact) mass is 346 g/mol. The predicted molar refractivity (Wildman–Crippen MR) is 88.8 cm³/mol.